The van der Waals surface area contributed by atoms with Crippen LogP contribution in [0, 0.1) is 0 Å². The second-order valence-electron chi connectivity index (χ2n) is 3.20. The monoisotopic (exact) mass is 296 g/mol. The molecule has 18 heavy (non-hydrogen) atoms. The molecule has 0 aliphatic carbocycles. The Kier molecular flexibility index (Phi) is 5.87. The van der Waals surface area contributed by atoms with Gasteiger partial charge in [0.1, 0.15) is 6.61 Å². The number of hydrogen-bond donors (Lipinski definition) is 0. The van der Waals surface area contributed by atoms with E-state index in [9.17, 15) is 18.0 Å². The van der Waals surface area contributed by atoms with E-state index in [2.05, 4.69) is 0 Å². The van der Waals surface area contributed by atoms with E-state index in [0.717, 1.165) is 0 Å². The van der Waals surface area contributed by atoms with Crippen LogP contribution in [0.15, 0.2) is 29.2 Å². The fourth-order valence-electron chi connectivity index (χ4n) is 1.09. The first-order valence-electron chi connectivity index (χ1n) is 4.94. The van der Waals surface area contributed by atoms with Crippen molar-refractivity contribution in [2.24, 2.45) is 0 Å². The maximum atomic E-state index is 12.1. The van der Waals surface area contributed by atoms with Crippen molar-refractivity contribution in [2.75, 3.05) is 18.6 Å². The highest BCUT2D eigenvalue weighted by atomic mass is 32.2. The molecule has 0 amide bonds. The summed E-state index contributed by atoms with van der Waals surface area (Å²) >= 11 is 1.33. The summed E-state index contributed by atoms with van der Waals surface area (Å²) in [6.45, 7) is 0.291. The van der Waals surface area contributed by atoms with E-state index < -0.39 is 11.5 Å². The number of hydrogen-bond acceptors (Lipinski definition) is 4. The van der Waals surface area contributed by atoms with Crippen LogP contribution in [-0.4, -0.2) is 30.1 Å². The minimum absolute atomic E-state index is 0.0446. The topological polar surface area (TPSA) is 26.3 Å². The van der Waals surface area contributed by atoms with Crippen molar-refractivity contribution >= 4 is 29.5 Å². The smallest absolute Gasteiger partial charge is 0.446 e. The Bertz CT molecular complexity index is 390. The first-order valence-corrected chi connectivity index (χ1v) is 7.15. The molecule has 100 valence electrons. The molecule has 0 heterocycles. The average Bonchev–Trinajstić information content (AvgIpc) is 2.28. The zero-order chi connectivity index (χ0) is 13.6. The number of carbonyl (C=O) groups is 1. The highest BCUT2D eigenvalue weighted by Gasteiger charge is 2.29. The third-order valence-electron chi connectivity index (χ3n) is 1.84. The fraction of sp³-hybridized carbons (Fsp3) is 0.364. The number of benzene rings is 1. The van der Waals surface area contributed by atoms with E-state index in [-0.39, 0.29) is 22.2 Å². The zero-order valence-corrected chi connectivity index (χ0v) is 11.1. The second-order valence-corrected chi connectivity index (χ2v) is 5.32. The fourth-order valence-corrected chi connectivity index (χ4v) is 1.88. The summed E-state index contributed by atoms with van der Waals surface area (Å²) < 4.78 is 41.1. The van der Waals surface area contributed by atoms with E-state index in [1.807, 2.05) is 6.26 Å². The number of esters is 1. The zero-order valence-electron chi connectivity index (χ0n) is 9.49. The number of alkyl halides is 3. The molecule has 0 aliphatic rings. The normalized spacial score (nSPS) is 11.3. The van der Waals surface area contributed by atoms with Crippen molar-refractivity contribution in [1.82, 2.24) is 0 Å². The highest BCUT2D eigenvalue weighted by molar-refractivity contribution is 8.00. The van der Waals surface area contributed by atoms with Gasteiger partial charge >= 0.3 is 11.5 Å². The lowest BCUT2D eigenvalue weighted by atomic mass is 10.2. The SMILES string of the molecule is CSCCOC(=O)c1ccc(SC(F)(F)F)cc1. The van der Waals surface area contributed by atoms with Crippen LogP contribution in [0.2, 0.25) is 0 Å². The van der Waals surface area contributed by atoms with Gasteiger partial charge in [-0.3, -0.25) is 0 Å². The largest absolute Gasteiger partial charge is 0.461 e. The lowest BCUT2D eigenvalue weighted by Gasteiger charge is -2.06. The standard InChI is InChI=1S/C11H11F3O2S2/c1-17-7-6-16-10(15)8-2-4-9(5-3-8)18-11(12,13)14/h2-5H,6-7H2,1H3. The van der Waals surface area contributed by atoms with Gasteiger partial charge < -0.3 is 4.74 Å². The van der Waals surface area contributed by atoms with Gasteiger partial charge in [0.15, 0.2) is 0 Å². The molecule has 0 aromatic heterocycles. The van der Waals surface area contributed by atoms with Gasteiger partial charge in [0.05, 0.1) is 5.56 Å². The summed E-state index contributed by atoms with van der Waals surface area (Å²) in [7, 11) is 0. The first-order chi connectivity index (χ1) is 8.42. The molecule has 1 aromatic rings. The summed E-state index contributed by atoms with van der Waals surface area (Å²) in [6, 6.07) is 5.16. The Morgan fingerprint density at radius 1 is 1.28 bits per heavy atom. The van der Waals surface area contributed by atoms with E-state index >= 15 is 0 Å². The van der Waals surface area contributed by atoms with Crippen LogP contribution >= 0.6 is 23.5 Å². The predicted octanol–water partition coefficient (Wildman–Crippen LogP) is 3.82. The van der Waals surface area contributed by atoms with Crippen LogP contribution in [0.3, 0.4) is 0 Å². The van der Waals surface area contributed by atoms with Gasteiger partial charge in [0, 0.05) is 10.6 Å². The number of thioether (sulfide) groups is 2. The predicted molar refractivity (Wildman–Crippen MR) is 67.0 cm³/mol. The van der Waals surface area contributed by atoms with Crippen molar-refractivity contribution in [3.05, 3.63) is 29.8 Å². The van der Waals surface area contributed by atoms with Crippen LogP contribution in [0.5, 0.6) is 0 Å². The molecule has 0 fully saturated rings. The minimum Gasteiger partial charge on any atom is -0.461 e. The van der Waals surface area contributed by atoms with Gasteiger partial charge in [0.2, 0.25) is 0 Å². The minimum atomic E-state index is -4.32. The number of ether oxygens (including phenoxy) is 1. The second kappa shape index (κ2) is 6.94. The first kappa shape index (κ1) is 15.2. The Morgan fingerprint density at radius 3 is 2.39 bits per heavy atom. The molecular weight excluding hydrogens is 285 g/mol. The summed E-state index contributed by atoms with van der Waals surface area (Å²) in [6.07, 6.45) is 1.89. The highest BCUT2D eigenvalue weighted by Crippen LogP contribution is 2.36. The molecule has 0 saturated heterocycles. The molecule has 1 rings (SSSR count). The van der Waals surface area contributed by atoms with E-state index in [4.69, 9.17) is 4.74 Å². The maximum absolute atomic E-state index is 12.1. The van der Waals surface area contributed by atoms with Crippen LogP contribution in [0.25, 0.3) is 0 Å². The van der Waals surface area contributed by atoms with Gasteiger partial charge in [0.25, 0.3) is 0 Å². The molecular formula is C11H11F3O2S2. The van der Waals surface area contributed by atoms with E-state index in [0.29, 0.717) is 12.4 Å². The molecule has 0 aliphatic heterocycles. The molecule has 2 nitrogen and oxygen atoms in total. The molecule has 0 saturated carbocycles. The summed E-state index contributed by atoms with van der Waals surface area (Å²) in [4.78, 5) is 11.5. The van der Waals surface area contributed by atoms with Gasteiger partial charge in [-0.25, -0.2) is 4.79 Å². The van der Waals surface area contributed by atoms with Gasteiger partial charge in [-0.1, -0.05) is 0 Å². The van der Waals surface area contributed by atoms with Gasteiger partial charge in [-0.05, 0) is 42.3 Å². The van der Waals surface area contributed by atoms with Crippen molar-refractivity contribution in [3.63, 3.8) is 0 Å². The summed E-state index contributed by atoms with van der Waals surface area (Å²) in [5.41, 5.74) is -4.07. The Morgan fingerprint density at radius 2 is 1.89 bits per heavy atom. The molecule has 0 radical (unpaired) electrons. The lowest BCUT2D eigenvalue weighted by Crippen LogP contribution is -2.07. The van der Waals surface area contributed by atoms with Crippen LogP contribution < -0.4 is 0 Å². The summed E-state index contributed by atoms with van der Waals surface area (Å²) in [5.74, 6) is 0.168. The molecule has 0 bridgehead atoms. The Labute approximate surface area is 111 Å². The molecule has 0 N–H and O–H groups in total. The molecule has 0 unspecified atom stereocenters. The van der Waals surface area contributed by atoms with Crippen LogP contribution in [0.1, 0.15) is 10.4 Å². The number of carbonyl (C=O) groups excluding carboxylic acids is 1. The Hall–Kier alpha value is -0.820. The third kappa shape index (κ3) is 5.68. The van der Waals surface area contributed by atoms with Crippen molar-refractivity contribution in [2.45, 2.75) is 10.4 Å². The van der Waals surface area contributed by atoms with Crippen molar-refractivity contribution < 1.29 is 22.7 Å². The number of rotatable bonds is 5. The van der Waals surface area contributed by atoms with Crippen molar-refractivity contribution in [1.29, 1.82) is 0 Å². The lowest BCUT2D eigenvalue weighted by molar-refractivity contribution is -0.0328. The molecule has 0 spiro atoms. The maximum Gasteiger partial charge on any atom is 0.446 e. The van der Waals surface area contributed by atoms with E-state index in [1.165, 1.54) is 24.3 Å². The average molecular weight is 296 g/mol. The van der Waals surface area contributed by atoms with Crippen molar-refractivity contribution in [3.8, 4) is 0 Å². The summed E-state index contributed by atoms with van der Waals surface area (Å²) in [5, 5.41) is 0. The molecule has 0 atom stereocenters. The van der Waals surface area contributed by atoms with E-state index in [1.54, 1.807) is 11.8 Å². The quantitative estimate of drug-likeness (QED) is 0.469. The van der Waals surface area contributed by atoms with Crippen LogP contribution in [-0.2, 0) is 4.74 Å². The Balaban J connectivity index is 2.57. The van der Waals surface area contributed by atoms with Gasteiger partial charge in [-0.2, -0.15) is 24.9 Å². The van der Waals surface area contributed by atoms with Gasteiger partial charge in [-0.15, -0.1) is 0 Å². The number of halogens is 3. The molecule has 1 aromatic carbocycles. The third-order valence-corrected chi connectivity index (χ3v) is 3.16. The van der Waals surface area contributed by atoms with Crippen LogP contribution in [0.4, 0.5) is 13.2 Å². The molecule has 7 heteroatoms.